The number of aromatic nitrogens is 1. The summed E-state index contributed by atoms with van der Waals surface area (Å²) in [7, 11) is 0. The molecule has 0 bridgehead atoms. The number of nitrogens with zero attached hydrogens (tertiary/aromatic N) is 1. The Kier molecular flexibility index (Phi) is 3.72. The molecule has 0 aliphatic rings. The van der Waals surface area contributed by atoms with Crippen molar-refractivity contribution in [2.45, 2.75) is 6.42 Å². The number of phenolic OH excluding ortho intramolecular Hbond substituents is 1. The van der Waals surface area contributed by atoms with Gasteiger partial charge in [-0.05, 0) is 18.2 Å². The first-order valence-corrected chi connectivity index (χ1v) is 7.45. The van der Waals surface area contributed by atoms with Gasteiger partial charge in [-0.15, -0.1) is 11.3 Å². The van der Waals surface area contributed by atoms with Crippen LogP contribution in [-0.2, 0) is 6.42 Å². The highest BCUT2D eigenvalue weighted by molar-refractivity contribution is 7.10. The molecule has 3 aromatic rings. The molecule has 100 valence electrons. The quantitative estimate of drug-likeness (QED) is 0.756. The molecule has 0 fully saturated rings. The van der Waals surface area contributed by atoms with Crippen molar-refractivity contribution in [2.24, 2.45) is 0 Å². The van der Waals surface area contributed by atoms with Crippen LogP contribution in [0.25, 0.3) is 11.3 Å². The summed E-state index contributed by atoms with van der Waals surface area (Å²) in [6.45, 7) is 0. The molecule has 0 saturated heterocycles. The highest BCUT2D eigenvalue weighted by Gasteiger charge is 2.08. The Labute approximate surface area is 126 Å². The van der Waals surface area contributed by atoms with Crippen LogP contribution in [0.2, 0.25) is 5.02 Å². The molecule has 0 aliphatic carbocycles. The van der Waals surface area contributed by atoms with E-state index in [4.69, 9.17) is 11.6 Å². The van der Waals surface area contributed by atoms with E-state index in [1.54, 1.807) is 29.5 Å². The van der Waals surface area contributed by atoms with E-state index in [2.05, 4.69) is 4.98 Å². The Bertz CT molecular complexity index is 724. The van der Waals surface area contributed by atoms with Crippen LogP contribution in [0.15, 0.2) is 53.9 Å². The van der Waals surface area contributed by atoms with Gasteiger partial charge >= 0.3 is 0 Å². The molecular formula is C16H12ClNOS. The second-order valence-electron chi connectivity index (χ2n) is 4.44. The van der Waals surface area contributed by atoms with E-state index in [9.17, 15) is 5.11 Å². The van der Waals surface area contributed by atoms with Gasteiger partial charge < -0.3 is 5.11 Å². The van der Waals surface area contributed by atoms with E-state index in [1.165, 1.54) is 0 Å². The van der Waals surface area contributed by atoms with Gasteiger partial charge in [0, 0.05) is 28.0 Å². The zero-order chi connectivity index (χ0) is 13.9. The molecule has 0 amide bonds. The molecule has 0 spiro atoms. The summed E-state index contributed by atoms with van der Waals surface area (Å²) in [6.07, 6.45) is 0.587. The number of rotatable bonds is 3. The van der Waals surface area contributed by atoms with Crippen molar-refractivity contribution in [3.8, 4) is 17.0 Å². The molecule has 0 atom stereocenters. The fourth-order valence-corrected chi connectivity index (χ4v) is 3.01. The normalized spacial score (nSPS) is 10.7. The van der Waals surface area contributed by atoms with Crippen LogP contribution in [0.4, 0.5) is 0 Å². The minimum absolute atomic E-state index is 0.255. The van der Waals surface area contributed by atoms with Crippen molar-refractivity contribution in [3.05, 3.63) is 69.5 Å². The Morgan fingerprint density at radius 2 is 1.90 bits per heavy atom. The fraction of sp³-hybridized carbons (Fsp3) is 0.0625. The lowest BCUT2D eigenvalue weighted by atomic mass is 10.1. The molecule has 2 aromatic carbocycles. The van der Waals surface area contributed by atoms with Crippen LogP contribution in [0.5, 0.6) is 5.75 Å². The van der Waals surface area contributed by atoms with Gasteiger partial charge in [-0.1, -0.05) is 41.9 Å². The van der Waals surface area contributed by atoms with Gasteiger partial charge in [0.1, 0.15) is 5.75 Å². The number of aromatic hydroxyl groups is 1. The predicted octanol–water partition coefficient (Wildman–Crippen LogP) is 4.76. The molecular weight excluding hydrogens is 290 g/mol. The zero-order valence-electron chi connectivity index (χ0n) is 10.6. The van der Waals surface area contributed by atoms with Crippen molar-refractivity contribution in [1.29, 1.82) is 0 Å². The molecule has 0 radical (unpaired) electrons. The van der Waals surface area contributed by atoms with Gasteiger partial charge in [0.05, 0.1) is 10.7 Å². The van der Waals surface area contributed by atoms with Crippen LogP contribution in [0.1, 0.15) is 10.6 Å². The lowest BCUT2D eigenvalue weighted by molar-refractivity contribution is 0.469. The van der Waals surface area contributed by atoms with Crippen molar-refractivity contribution in [3.63, 3.8) is 0 Å². The molecule has 0 saturated carbocycles. The van der Waals surface area contributed by atoms with Crippen molar-refractivity contribution in [1.82, 2.24) is 4.98 Å². The average Bonchev–Trinajstić information content (AvgIpc) is 2.92. The van der Waals surface area contributed by atoms with Gasteiger partial charge in [-0.25, -0.2) is 4.98 Å². The summed E-state index contributed by atoms with van der Waals surface area (Å²) in [5.74, 6) is 0.255. The Morgan fingerprint density at radius 3 is 2.70 bits per heavy atom. The van der Waals surface area contributed by atoms with Crippen LogP contribution >= 0.6 is 22.9 Å². The summed E-state index contributed by atoms with van der Waals surface area (Å²) >= 11 is 7.54. The van der Waals surface area contributed by atoms with E-state index in [-0.39, 0.29) is 5.75 Å². The SMILES string of the molecule is Oc1ccc(Cl)cc1Cc1nc(-c2ccccc2)cs1. The van der Waals surface area contributed by atoms with Gasteiger partial charge in [0.2, 0.25) is 0 Å². The van der Waals surface area contributed by atoms with E-state index in [1.807, 2.05) is 35.7 Å². The summed E-state index contributed by atoms with van der Waals surface area (Å²) in [6, 6.07) is 15.1. The number of halogens is 1. The minimum atomic E-state index is 0.255. The second-order valence-corrected chi connectivity index (χ2v) is 5.82. The second kappa shape index (κ2) is 5.65. The maximum atomic E-state index is 9.84. The van der Waals surface area contributed by atoms with E-state index >= 15 is 0 Å². The molecule has 20 heavy (non-hydrogen) atoms. The highest BCUT2D eigenvalue weighted by Crippen LogP contribution is 2.27. The topological polar surface area (TPSA) is 33.1 Å². The molecule has 0 unspecified atom stereocenters. The van der Waals surface area contributed by atoms with Crippen molar-refractivity contribution in [2.75, 3.05) is 0 Å². The number of hydrogen-bond acceptors (Lipinski definition) is 3. The maximum absolute atomic E-state index is 9.84. The number of thiazole rings is 1. The summed E-state index contributed by atoms with van der Waals surface area (Å²) < 4.78 is 0. The number of benzene rings is 2. The summed E-state index contributed by atoms with van der Waals surface area (Å²) in [4.78, 5) is 4.61. The first kappa shape index (κ1) is 13.2. The first-order chi connectivity index (χ1) is 9.72. The third kappa shape index (κ3) is 2.84. The van der Waals surface area contributed by atoms with E-state index in [0.29, 0.717) is 11.4 Å². The molecule has 0 aliphatic heterocycles. The van der Waals surface area contributed by atoms with E-state index < -0.39 is 0 Å². The molecule has 1 aromatic heterocycles. The van der Waals surface area contributed by atoms with Crippen molar-refractivity contribution < 1.29 is 5.11 Å². The van der Waals surface area contributed by atoms with E-state index in [0.717, 1.165) is 21.8 Å². The van der Waals surface area contributed by atoms with Crippen LogP contribution < -0.4 is 0 Å². The maximum Gasteiger partial charge on any atom is 0.119 e. The molecule has 1 N–H and O–H groups in total. The monoisotopic (exact) mass is 301 g/mol. The van der Waals surface area contributed by atoms with Crippen LogP contribution in [0.3, 0.4) is 0 Å². The minimum Gasteiger partial charge on any atom is -0.508 e. The third-order valence-corrected chi connectivity index (χ3v) is 4.09. The van der Waals surface area contributed by atoms with Gasteiger partial charge in [0.25, 0.3) is 0 Å². The standard InChI is InChI=1S/C16H12ClNOS/c17-13-6-7-15(19)12(8-13)9-16-18-14(10-20-16)11-4-2-1-3-5-11/h1-8,10,19H,9H2. The average molecular weight is 302 g/mol. The van der Waals surface area contributed by atoms with Crippen LogP contribution in [0, 0.1) is 0 Å². The third-order valence-electron chi connectivity index (χ3n) is 3.00. The van der Waals surface area contributed by atoms with Crippen LogP contribution in [-0.4, -0.2) is 10.1 Å². The fourth-order valence-electron chi connectivity index (χ4n) is 1.99. The number of hydrogen-bond donors (Lipinski definition) is 1. The summed E-state index contributed by atoms with van der Waals surface area (Å²) in [5.41, 5.74) is 2.86. The smallest absolute Gasteiger partial charge is 0.119 e. The van der Waals surface area contributed by atoms with Gasteiger partial charge in [0.15, 0.2) is 0 Å². The molecule has 4 heteroatoms. The number of phenols is 1. The largest absolute Gasteiger partial charge is 0.508 e. The Hall–Kier alpha value is -1.84. The predicted molar refractivity (Wildman–Crippen MR) is 83.5 cm³/mol. The molecule has 1 heterocycles. The van der Waals surface area contributed by atoms with Gasteiger partial charge in [-0.3, -0.25) is 0 Å². The first-order valence-electron chi connectivity index (χ1n) is 6.19. The van der Waals surface area contributed by atoms with Gasteiger partial charge in [-0.2, -0.15) is 0 Å². The summed E-state index contributed by atoms with van der Waals surface area (Å²) in [5, 5.41) is 13.5. The molecule has 3 rings (SSSR count). The Morgan fingerprint density at radius 1 is 1.10 bits per heavy atom. The van der Waals surface area contributed by atoms with Crippen molar-refractivity contribution >= 4 is 22.9 Å². The Balaban J connectivity index is 1.86. The lowest BCUT2D eigenvalue weighted by Gasteiger charge is -2.02. The highest BCUT2D eigenvalue weighted by atomic mass is 35.5. The zero-order valence-corrected chi connectivity index (χ0v) is 12.2. The lowest BCUT2D eigenvalue weighted by Crippen LogP contribution is -1.88. The molecule has 2 nitrogen and oxygen atoms in total.